The van der Waals surface area contributed by atoms with Crippen LogP contribution in [0, 0.1) is 5.82 Å². The molecule has 1 unspecified atom stereocenters. The van der Waals surface area contributed by atoms with Crippen molar-refractivity contribution in [1.82, 2.24) is 4.98 Å². The summed E-state index contributed by atoms with van der Waals surface area (Å²) in [4.78, 5) is 32.6. The molecule has 1 atom stereocenters. The SMILES string of the molecule is O=C1C(=O)N(c2nc3ccc(F)cc3s2)C(c2cccc(Oc3ccccc3)c2)/C1=C(\O)c1ccccc1. The van der Waals surface area contributed by atoms with Crippen LogP contribution in [0.3, 0.4) is 0 Å². The number of Topliss-reactive ketones (excluding diaryl/α,β-unsaturated/α-hetero) is 1. The van der Waals surface area contributed by atoms with E-state index in [-0.39, 0.29) is 16.5 Å². The van der Waals surface area contributed by atoms with E-state index in [0.717, 1.165) is 11.3 Å². The molecule has 38 heavy (non-hydrogen) atoms. The van der Waals surface area contributed by atoms with Crippen molar-refractivity contribution in [1.29, 1.82) is 0 Å². The van der Waals surface area contributed by atoms with Gasteiger partial charge in [0.2, 0.25) is 0 Å². The summed E-state index contributed by atoms with van der Waals surface area (Å²) in [6.45, 7) is 0. The lowest BCUT2D eigenvalue weighted by Gasteiger charge is -2.23. The molecule has 0 bridgehead atoms. The van der Waals surface area contributed by atoms with Crippen molar-refractivity contribution >= 4 is 44.1 Å². The van der Waals surface area contributed by atoms with Crippen LogP contribution in [0.1, 0.15) is 17.2 Å². The number of carbonyl (C=O) groups excluding carboxylic acids is 2. The summed E-state index contributed by atoms with van der Waals surface area (Å²) in [6, 6.07) is 27.9. The predicted octanol–water partition coefficient (Wildman–Crippen LogP) is 6.85. The summed E-state index contributed by atoms with van der Waals surface area (Å²) in [5, 5.41) is 11.5. The molecule has 1 saturated heterocycles. The molecule has 1 amide bonds. The van der Waals surface area contributed by atoms with Gasteiger partial charge in [-0.05, 0) is 48.0 Å². The molecule has 1 fully saturated rings. The standard InChI is InChI=1S/C30H19FN2O4S/c31-20-14-15-23-24(17-20)38-30(32-23)33-26(19-10-7-13-22(16-19)37-21-11-5-2-6-12-21)25(28(35)29(33)36)27(34)18-8-3-1-4-9-18/h1-17,26,34H/b27-25+. The number of para-hydroxylation sites is 1. The van der Waals surface area contributed by atoms with Crippen LogP contribution in [0.2, 0.25) is 0 Å². The molecule has 6 nitrogen and oxygen atoms in total. The largest absolute Gasteiger partial charge is 0.507 e. The summed E-state index contributed by atoms with van der Waals surface area (Å²) in [7, 11) is 0. The molecule has 0 aliphatic carbocycles. The van der Waals surface area contributed by atoms with Gasteiger partial charge in [-0.2, -0.15) is 0 Å². The Bertz CT molecular complexity index is 1720. The van der Waals surface area contributed by atoms with E-state index in [0.29, 0.717) is 32.8 Å². The number of nitrogens with zero attached hydrogens (tertiary/aromatic N) is 2. The van der Waals surface area contributed by atoms with Gasteiger partial charge in [-0.15, -0.1) is 0 Å². The number of carbonyl (C=O) groups is 2. The molecule has 186 valence electrons. The number of halogens is 1. The number of rotatable bonds is 5. The molecule has 1 N–H and O–H groups in total. The highest BCUT2D eigenvalue weighted by Gasteiger charge is 2.48. The fourth-order valence-corrected chi connectivity index (χ4v) is 5.48. The van der Waals surface area contributed by atoms with Crippen LogP contribution in [0.4, 0.5) is 9.52 Å². The second-order valence-electron chi connectivity index (χ2n) is 8.63. The Morgan fingerprint density at radius 1 is 0.868 bits per heavy atom. The third kappa shape index (κ3) is 4.21. The molecular weight excluding hydrogens is 503 g/mol. The number of anilines is 1. The van der Waals surface area contributed by atoms with E-state index >= 15 is 0 Å². The first-order chi connectivity index (χ1) is 18.5. The molecule has 0 radical (unpaired) electrons. The highest BCUT2D eigenvalue weighted by atomic mass is 32.1. The number of fused-ring (bicyclic) bond motifs is 1. The monoisotopic (exact) mass is 522 g/mol. The number of hydrogen-bond acceptors (Lipinski definition) is 6. The molecule has 6 rings (SSSR count). The Morgan fingerprint density at radius 2 is 1.58 bits per heavy atom. The van der Waals surface area contributed by atoms with Crippen LogP contribution in [-0.4, -0.2) is 21.8 Å². The average Bonchev–Trinajstić information content (AvgIpc) is 3.47. The highest BCUT2D eigenvalue weighted by molar-refractivity contribution is 7.22. The Balaban J connectivity index is 1.52. The maximum absolute atomic E-state index is 13.9. The van der Waals surface area contributed by atoms with Gasteiger partial charge in [0.05, 0.1) is 21.8 Å². The molecule has 4 aromatic carbocycles. The van der Waals surface area contributed by atoms with Crippen LogP contribution in [-0.2, 0) is 9.59 Å². The number of ketones is 1. The number of hydrogen-bond donors (Lipinski definition) is 1. The quantitative estimate of drug-likeness (QED) is 0.155. The van der Waals surface area contributed by atoms with E-state index < -0.39 is 23.5 Å². The van der Waals surface area contributed by atoms with Crippen molar-refractivity contribution < 1.29 is 23.8 Å². The number of aromatic nitrogens is 1. The van der Waals surface area contributed by atoms with Crippen molar-refractivity contribution in [2.75, 3.05) is 4.90 Å². The number of ether oxygens (including phenoxy) is 1. The minimum atomic E-state index is -0.986. The van der Waals surface area contributed by atoms with Crippen molar-refractivity contribution in [2.24, 2.45) is 0 Å². The number of thiazole rings is 1. The van der Waals surface area contributed by atoms with Crippen molar-refractivity contribution in [3.8, 4) is 11.5 Å². The first kappa shape index (κ1) is 23.6. The zero-order chi connectivity index (χ0) is 26.2. The number of aliphatic hydroxyl groups excluding tert-OH is 1. The fraction of sp³-hybridized carbons (Fsp3) is 0.0333. The van der Waals surface area contributed by atoms with Gasteiger partial charge in [0, 0.05) is 5.56 Å². The number of amides is 1. The van der Waals surface area contributed by atoms with Crippen LogP contribution in [0.5, 0.6) is 11.5 Å². The Morgan fingerprint density at radius 3 is 2.34 bits per heavy atom. The van der Waals surface area contributed by atoms with Gasteiger partial charge in [0.15, 0.2) is 5.13 Å². The third-order valence-electron chi connectivity index (χ3n) is 6.19. The molecule has 8 heteroatoms. The molecule has 1 aromatic heterocycles. The van der Waals surface area contributed by atoms with Crippen LogP contribution in [0.25, 0.3) is 16.0 Å². The average molecular weight is 523 g/mol. The maximum atomic E-state index is 13.9. The topological polar surface area (TPSA) is 79.7 Å². The Hall–Kier alpha value is -4.82. The summed E-state index contributed by atoms with van der Waals surface area (Å²) in [5.74, 6) is -1.28. The van der Waals surface area contributed by atoms with E-state index in [1.54, 1.807) is 54.6 Å². The van der Waals surface area contributed by atoms with E-state index in [9.17, 15) is 19.1 Å². The normalized spacial score (nSPS) is 16.8. The van der Waals surface area contributed by atoms with Gasteiger partial charge in [-0.3, -0.25) is 14.5 Å². The van der Waals surface area contributed by atoms with Crippen molar-refractivity contribution in [3.05, 3.63) is 126 Å². The summed E-state index contributed by atoms with van der Waals surface area (Å²) < 4.78 is 20.4. The molecule has 5 aromatic rings. The lowest BCUT2D eigenvalue weighted by atomic mass is 9.95. The van der Waals surface area contributed by atoms with Gasteiger partial charge < -0.3 is 9.84 Å². The minimum Gasteiger partial charge on any atom is -0.507 e. The fourth-order valence-electron chi connectivity index (χ4n) is 4.46. The first-order valence-corrected chi connectivity index (χ1v) is 12.6. The van der Waals surface area contributed by atoms with E-state index in [1.807, 2.05) is 30.3 Å². The van der Waals surface area contributed by atoms with E-state index in [2.05, 4.69) is 4.98 Å². The molecule has 2 heterocycles. The summed E-state index contributed by atoms with van der Waals surface area (Å²) in [5.41, 5.74) is 1.37. The lowest BCUT2D eigenvalue weighted by molar-refractivity contribution is -0.132. The molecule has 0 spiro atoms. The predicted molar refractivity (Wildman–Crippen MR) is 144 cm³/mol. The second-order valence-corrected chi connectivity index (χ2v) is 9.64. The van der Waals surface area contributed by atoms with Gasteiger partial charge >= 0.3 is 5.91 Å². The second kappa shape index (κ2) is 9.57. The Labute approximate surface area is 220 Å². The minimum absolute atomic E-state index is 0.0662. The zero-order valence-electron chi connectivity index (χ0n) is 19.7. The molecule has 1 aliphatic heterocycles. The van der Waals surface area contributed by atoms with Crippen LogP contribution in [0.15, 0.2) is 109 Å². The number of aliphatic hydroxyl groups is 1. The summed E-state index contributed by atoms with van der Waals surface area (Å²) >= 11 is 1.10. The van der Waals surface area contributed by atoms with Gasteiger partial charge in [0.25, 0.3) is 5.78 Å². The van der Waals surface area contributed by atoms with Crippen molar-refractivity contribution in [2.45, 2.75) is 6.04 Å². The highest BCUT2D eigenvalue weighted by Crippen LogP contribution is 2.45. The summed E-state index contributed by atoms with van der Waals surface area (Å²) in [6.07, 6.45) is 0. The molecule has 0 saturated carbocycles. The lowest BCUT2D eigenvalue weighted by Crippen LogP contribution is -2.29. The van der Waals surface area contributed by atoms with E-state index in [4.69, 9.17) is 4.74 Å². The zero-order valence-corrected chi connectivity index (χ0v) is 20.6. The van der Waals surface area contributed by atoms with Crippen LogP contribution < -0.4 is 9.64 Å². The third-order valence-corrected chi connectivity index (χ3v) is 7.21. The first-order valence-electron chi connectivity index (χ1n) is 11.7. The van der Waals surface area contributed by atoms with Gasteiger partial charge in [-0.1, -0.05) is 72.0 Å². The molecular formula is C30H19FN2O4S. The van der Waals surface area contributed by atoms with Crippen molar-refractivity contribution in [3.63, 3.8) is 0 Å². The van der Waals surface area contributed by atoms with Gasteiger partial charge in [-0.25, -0.2) is 9.37 Å². The van der Waals surface area contributed by atoms with E-state index in [1.165, 1.54) is 23.1 Å². The van der Waals surface area contributed by atoms with Crippen LogP contribution >= 0.6 is 11.3 Å². The smallest absolute Gasteiger partial charge is 0.301 e. The van der Waals surface area contributed by atoms with Gasteiger partial charge in [0.1, 0.15) is 23.1 Å². The Kier molecular flexibility index (Phi) is 5.94. The molecule has 1 aliphatic rings. The maximum Gasteiger partial charge on any atom is 0.301 e. The number of benzene rings is 4.